The van der Waals surface area contributed by atoms with Crippen LogP contribution in [-0.2, 0) is 19.1 Å². The second kappa shape index (κ2) is 9.62. The highest BCUT2D eigenvalue weighted by Crippen LogP contribution is 2.44. The van der Waals surface area contributed by atoms with Gasteiger partial charge in [-0.25, -0.2) is 4.79 Å². The van der Waals surface area contributed by atoms with Gasteiger partial charge in [0.05, 0.1) is 6.61 Å². The lowest BCUT2D eigenvalue weighted by Gasteiger charge is -2.29. The predicted octanol–water partition coefficient (Wildman–Crippen LogP) is 3.05. The van der Waals surface area contributed by atoms with Crippen LogP contribution in [-0.4, -0.2) is 54.5 Å². The zero-order valence-electron chi connectivity index (χ0n) is 18.5. The third-order valence-electron chi connectivity index (χ3n) is 6.31. The number of carboxylic acids is 1. The fourth-order valence-corrected chi connectivity index (χ4v) is 4.50. The number of carboxylic acid groups (broad SMARTS) is 1. The van der Waals surface area contributed by atoms with Crippen molar-refractivity contribution in [2.45, 2.75) is 43.7 Å². The Morgan fingerprint density at radius 3 is 2.33 bits per heavy atom. The summed E-state index contributed by atoms with van der Waals surface area (Å²) in [4.78, 5) is 36.5. The molecule has 0 bridgehead atoms. The first-order chi connectivity index (χ1) is 15.9. The van der Waals surface area contributed by atoms with Crippen molar-refractivity contribution in [2.24, 2.45) is 0 Å². The van der Waals surface area contributed by atoms with Gasteiger partial charge in [0.2, 0.25) is 5.91 Å². The number of amides is 2. The first-order valence-corrected chi connectivity index (χ1v) is 11.1. The van der Waals surface area contributed by atoms with Crippen LogP contribution in [0.4, 0.5) is 4.79 Å². The molecule has 2 aliphatic rings. The van der Waals surface area contributed by atoms with Gasteiger partial charge in [-0.3, -0.25) is 9.59 Å². The third-order valence-corrected chi connectivity index (χ3v) is 6.31. The molecule has 1 heterocycles. The van der Waals surface area contributed by atoms with Crippen LogP contribution in [0.25, 0.3) is 11.1 Å². The molecule has 1 saturated heterocycles. The molecule has 2 unspecified atom stereocenters. The molecule has 0 saturated carbocycles. The number of carbonyl (C=O) groups is 3. The molecule has 1 aliphatic heterocycles. The van der Waals surface area contributed by atoms with E-state index >= 15 is 0 Å². The van der Waals surface area contributed by atoms with Crippen LogP contribution in [0.2, 0.25) is 0 Å². The Bertz CT molecular complexity index is 1000. The largest absolute Gasteiger partial charge is 0.481 e. The maximum absolute atomic E-state index is 12.9. The highest BCUT2D eigenvalue weighted by molar-refractivity contribution is 5.90. The number of hydrogen-bond acceptors (Lipinski definition) is 5. The van der Waals surface area contributed by atoms with E-state index in [0.29, 0.717) is 19.4 Å². The van der Waals surface area contributed by atoms with Crippen molar-refractivity contribution in [3.63, 3.8) is 0 Å². The summed E-state index contributed by atoms with van der Waals surface area (Å²) in [6, 6.07) is 15.8. The molecule has 4 rings (SSSR count). The van der Waals surface area contributed by atoms with Crippen LogP contribution < -0.4 is 10.6 Å². The number of benzene rings is 2. The maximum Gasteiger partial charge on any atom is 0.408 e. The molecule has 0 radical (unpaired) electrons. The molecular formula is C25H28N2O6. The van der Waals surface area contributed by atoms with Crippen molar-refractivity contribution < 1.29 is 29.0 Å². The summed E-state index contributed by atoms with van der Waals surface area (Å²) in [5.41, 5.74) is 3.25. The molecule has 2 aromatic carbocycles. The maximum atomic E-state index is 12.9. The summed E-state index contributed by atoms with van der Waals surface area (Å²) in [5.74, 6) is -1.40. The van der Waals surface area contributed by atoms with Gasteiger partial charge >= 0.3 is 12.1 Å². The summed E-state index contributed by atoms with van der Waals surface area (Å²) >= 11 is 0. The van der Waals surface area contributed by atoms with Gasteiger partial charge in [-0.15, -0.1) is 0 Å². The van der Waals surface area contributed by atoms with E-state index in [0.717, 1.165) is 22.3 Å². The van der Waals surface area contributed by atoms with Gasteiger partial charge in [0.1, 0.15) is 12.1 Å². The number of hydrogen-bond donors (Lipinski definition) is 3. The van der Waals surface area contributed by atoms with Crippen molar-refractivity contribution in [3.05, 3.63) is 59.7 Å². The summed E-state index contributed by atoms with van der Waals surface area (Å²) in [7, 11) is 0. The molecular weight excluding hydrogens is 424 g/mol. The average Bonchev–Trinajstić information content (AvgIpc) is 3.40. The van der Waals surface area contributed by atoms with Gasteiger partial charge in [0.25, 0.3) is 0 Å². The predicted molar refractivity (Wildman–Crippen MR) is 121 cm³/mol. The van der Waals surface area contributed by atoms with Crippen LogP contribution in [0.15, 0.2) is 48.5 Å². The zero-order chi connectivity index (χ0) is 23.4. The van der Waals surface area contributed by atoms with Crippen LogP contribution in [0.3, 0.4) is 0 Å². The molecule has 1 fully saturated rings. The number of nitrogens with one attached hydrogen (secondary N) is 2. The van der Waals surface area contributed by atoms with Crippen LogP contribution in [0.5, 0.6) is 0 Å². The summed E-state index contributed by atoms with van der Waals surface area (Å²) in [5, 5.41) is 14.4. The fourth-order valence-electron chi connectivity index (χ4n) is 4.50. The first-order valence-electron chi connectivity index (χ1n) is 11.1. The van der Waals surface area contributed by atoms with Gasteiger partial charge in [-0.05, 0) is 35.6 Å². The highest BCUT2D eigenvalue weighted by atomic mass is 16.6. The first kappa shape index (κ1) is 22.8. The van der Waals surface area contributed by atoms with Crippen molar-refractivity contribution in [1.29, 1.82) is 0 Å². The number of carbonyl (C=O) groups excluding carboxylic acids is 2. The van der Waals surface area contributed by atoms with E-state index in [2.05, 4.69) is 22.8 Å². The van der Waals surface area contributed by atoms with Gasteiger partial charge in [-0.2, -0.15) is 0 Å². The van der Waals surface area contributed by atoms with E-state index in [1.807, 2.05) is 36.4 Å². The molecule has 0 aromatic heterocycles. The lowest BCUT2D eigenvalue weighted by atomic mass is 9.96. The van der Waals surface area contributed by atoms with E-state index in [-0.39, 0.29) is 31.6 Å². The Morgan fingerprint density at radius 2 is 1.76 bits per heavy atom. The lowest BCUT2D eigenvalue weighted by Crippen LogP contribution is -2.60. The van der Waals surface area contributed by atoms with Crippen molar-refractivity contribution >= 4 is 18.0 Å². The number of ether oxygens (including phenoxy) is 2. The second-order valence-corrected chi connectivity index (χ2v) is 8.64. The molecule has 174 valence electrons. The van der Waals surface area contributed by atoms with Crippen LogP contribution >= 0.6 is 0 Å². The molecule has 2 aromatic rings. The van der Waals surface area contributed by atoms with Crippen molar-refractivity contribution in [2.75, 3.05) is 19.8 Å². The second-order valence-electron chi connectivity index (χ2n) is 8.64. The summed E-state index contributed by atoms with van der Waals surface area (Å²) in [6.45, 7) is 2.25. The Kier molecular flexibility index (Phi) is 6.65. The normalized spacial score (nSPS) is 19.9. The van der Waals surface area contributed by atoms with E-state index in [1.165, 1.54) is 0 Å². The molecule has 3 N–H and O–H groups in total. The molecule has 2 amide bonds. The van der Waals surface area contributed by atoms with E-state index < -0.39 is 23.5 Å². The molecule has 8 nitrogen and oxygen atoms in total. The quantitative estimate of drug-likeness (QED) is 0.567. The van der Waals surface area contributed by atoms with Crippen molar-refractivity contribution in [3.8, 4) is 11.1 Å². The molecule has 1 aliphatic carbocycles. The summed E-state index contributed by atoms with van der Waals surface area (Å²) < 4.78 is 11.0. The molecule has 0 spiro atoms. The average molecular weight is 453 g/mol. The van der Waals surface area contributed by atoms with Gasteiger partial charge in [-0.1, -0.05) is 48.5 Å². The smallest absolute Gasteiger partial charge is 0.408 e. The fraction of sp³-hybridized carbons (Fsp3) is 0.400. The Morgan fingerprint density at radius 1 is 1.12 bits per heavy atom. The monoisotopic (exact) mass is 452 g/mol. The minimum absolute atomic E-state index is 0.0364. The van der Waals surface area contributed by atoms with E-state index in [1.54, 1.807) is 6.92 Å². The number of alkyl carbamates (subject to hydrolysis) is 1. The van der Waals surface area contributed by atoms with Gasteiger partial charge in [0, 0.05) is 31.4 Å². The molecule has 33 heavy (non-hydrogen) atoms. The number of rotatable bonds is 8. The SMILES string of the molecule is CC(CCC(=O)O)NC(=O)C1(NC(=O)OCC2c3ccccc3-c3ccccc32)CCOC1. The molecule has 2 atom stereocenters. The Labute approximate surface area is 192 Å². The highest BCUT2D eigenvalue weighted by Gasteiger charge is 2.44. The van der Waals surface area contributed by atoms with E-state index in [4.69, 9.17) is 14.6 Å². The minimum atomic E-state index is -1.24. The number of aliphatic carboxylic acids is 1. The number of fused-ring (bicyclic) bond motifs is 3. The van der Waals surface area contributed by atoms with Gasteiger partial charge < -0.3 is 25.2 Å². The lowest BCUT2D eigenvalue weighted by molar-refractivity contribution is -0.137. The summed E-state index contributed by atoms with van der Waals surface area (Å²) in [6.07, 6.45) is -0.127. The van der Waals surface area contributed by atoms with Crippen LogP contribution in [0.1, 0.15) is 43.2 Å². The molecule has 8 heteroatoms. The van der Waals surface area contributed by atoms with E-state index in [9.17, 15) is 14.4 Å². The van der Waals surface area contributed by atoms with Crippen LogP contribution in [0, 0.1) is 0 Å². The van der Waals surface area contributed by atoms with Crippen molar-refractivity contribution in [1.82, 2.24) is 10.6 Å². The topological polar surface area (TPSA) is 114 Å². The zero-order valence-corrected chi connectivity index (χ0v) is 18.5. The Balaban J connectivity index is 1.40. The Hall–Kier alpha value is -3.39. The third kappa shape index (κ3) is 4.85. The van der Waals surface area contributed by atoms with Gasteiger partial charge in [0.15, 0.2) is 0 Å². The standard InChI is InChI=1S/C25H28N2O6/c1-16(10-11-22(28)29)26-23(30)25(12-13-32-15-25)27-24(31)33-14-21-19-8-4-2-6-17(19)18-7-3-5-9-20(18)21/h2-9,16,21H,10-15H2,1H3,(H,26,30)(H,27,31)(H,28,29). The minimum Gasteiger partial charge on any atom is -0.481 e.